The molecule has 1 heterocycles. The Labute approximate surface area is 103 Å². The van der Waals surface area contributed by atoms with E-state index in [1.165, 1.54) is 0 Å². The fourth-order valence-electron chi connectivity index (χ4n) is 1.50. The minimum absolute atomic E-state index is 0. The molecule has 4 nitrogen and oxygen atoms in total. The van der Waals surface area contributed by atoms with Crippen LogP contribution in [0.3, 0.4) is 0 Å². The first kappa shape index (κ1) is 15.5. The molecule has 6 N–H and O–H groups in total. The molecule has 1 aliphatic heterocycles. The van der Waals surface area contributed by atoms with E-state index in [9.17, 15) is 5.11 Å². The van der Waals surface area contributed by atoms with Crippen LogP contribution in [0.15, 0.2) is 30.0 Å². The zero-order valence-electron chi connectivity index (χ0n) is 10.7. The van der Waals surface area contributed by atoms with Crippen LogP contribution in [0.25, 0.3) is 6.08 Å². The molecule has 0 aromatic heterocycles. The summed E-state index contributed by atoms with van der Waals surface area (Å²) in [6.45, 7) is 6.78. The Morgan fingerprint density at radius 3 is 2.47 bits per heavy atom. The number of piperazine rings is 1. The minimum atomic E-state index is 0. The van der Waals surface area contributed by atoms with Crippen LogP contribution in [0.2, 0.25) is 0 Å². The number of phenolic OH excluding ortho intramolecular Hbond substituents is 1. The van der Waals surface area contributed by atoms with Crippen LogP contribution in [0.5, 0.6) is 5.75 Å². The molecule has 1 saturated heterocycles. The van der Waals surface area contributed by atoms with Gasteiger partial charge in [-0.05, 0) is 12.1 Å². The van der Waals surface area contributed by atoms with Gasteiger partial charge < -0.3 is 21.9 Å². The molecule has 4 heteroatoms. The first-order valence-electron chi connectivity index (χ1n) is 5.79. The molecule has 0 saturated carbocycles. The van der Waals surface area contributed by atoms with E-state index in [1.54, 1.807) is 6.07 Å². The van der Waals surface area contributed by atoms with Gasteiger partial charge in [-0.25, -0.2) is 0 Å². The maximum atomic E-state index is 9.55. The minimum Gasteiger partial charge on any atom is -0.507 e. The molecule has 0 atom stereocenters. The summed E-state index contributed by atoms with van der Waals surface area (Å²) in [5.41, 5.74) is 1.98. The lowest BCUT2D eigenvalue weighted by Crippen LogP contribution is -2.37. The Balaban J connectivity index is 0.000000811. The van der Waals surface area contributed by atoms with Gasteiger partial charge in [0.1, 0.15) is 5.75 Å². The molecular formula is C13H23N3O. The topological polar surface area (TPSA) is 79.3 Å². The molecule has 96 valence electrons. The molecule has 1 aliphatic rings. The lowest BCUT2D eigenvalue weighted by atomic mass is 10.1. The lowest BCUT2D eigenvalue weighted by molar-refractivity contribution is 0.474. The summed E-state index contributed by atoms with van der Waals surface area (Å²) in [5.74, 6) is 0.326. The maximum Gasteiger partial charge on any atom is 0.122 e. The Bertz CT molecular complexity index is 342. The van der Waals surface area contributed by atoms with Crippen molar-refractivity contribution in [3.8, 4) is 5.75 Å². The smallest absolute Gasteiger partial charge is 0.122 e. The quantitative estimate of drug-likeness (QED) is 0.603. The van der Waals surface area contributed by atoms with E-state index in [-0.39, 0.29) is 6.15 Å². The predicted octanol–water partition coefficient (Wildman–Crippen LogP) is 2.11. The molecule has 1 aromatic carbocycles. The normalized spacial score (nSPS) is 16.2. The van der Waals surface area contributed by atoms with Crippen molar-refractivity contribution in [2.75, 3.05) is 19.6 Å². The molecule has 1 fully saturated rings. The third-order valence-corrected chi connectivity index (χ3v) is 2.24. The van der Waals surface area contributed by atoms with Gasteiger partial charge in [0.25, 0.3) is 0 Å². The number of hydrogen-bond acceptors (Lipinski definition) is 4. The van der Waals surface area contributed by atoms with Crippen molar-refractivity contribution < 1.29 is 5.11 Å². The zero-order valence-corrected chi connectivity index (χ0v) is 10.7. The van der Waals surface area contributed by atoms with Crippen molar-refractivity contribution in [1.82, 2.24) is 16.8 Å². The number of phenols is 1. The highest BCUT2D eigenvalue weighted by atomic mass is 16.3. The van der Waals surface area contributed by atoms with E-state index < -0.39 is 0 Å². The highest BCUT2D eigenvalue weighted by Crippen LogP contribution is 2.18. The highest BCUT2D eigenvalue weighted by molar-refractivity contribution is 5.59. The standard InChI is InChI=1S/C11H14N2O.C2H6.H3N/c14-11-4-2-1-3-9(11)7-10-8-12-5-6-13-10;1-2;/h1-4,7,12-14H,5-6,8H2;1-2H3;1H3. The Hall–Kier alpha value is -1.52. The largest absolute Gasteiger partial charge is 0.507 e. The third kappa shape index (κ3) is 4.89. The van der Waals surface area contributed by atoms with E-state index in [4.69, 9.17) is 0 Å². The van der Waals surface area contributed by atoms with Gasteiger partial charge in [0.05, 0.1) is 0 Å². The summed E-state index contributed by atoms with van der Waals surface area (Å²) in [5, 5.41) is 16.1. The fourth-order valence-corrected chi connectivity index (χ4v) is 1.50. The van der Waals surface area contributed by atoms with Gasteiger partial charge in [0.2, 0.25) is 0 Å². The molecule has 0 radical (unpaired) electrons. The van der Waals surface area contributed by atoms with Crippen molar-refractivity contribution in [1.29, 1.82) is 0 Å². The second-order valence-corrected chi connectivity index (χ2v) is 3.33. The van der Waals surface area contributed by atoms with Crippen molar-refractivity contribution >= 4 is 6.08 Å². The molecule has 0 bridgehead atoms. The van der Waals surface area contributed by atoms with Crippen LogP contribution < -0.4 is 16.8 Å². The summed E-state index contributed by atoms with van der Waals surface area (Å²) in [6.07, 6.45) is 1.97. The molecule has 17 heavy (non-hydrogen) atoms. The van der Waals surface area contributed by atoms with Crippen molar-refractivity contribution in [3.05, 3.63) is 35.5 Å². The van der Waals surface area contributed by atoms with Gasteiger partial charge in [-0.2, -0.15) is 0 Å². The zero-order chi connectivity index (χ0) is 11.8. The van der Waals surface area contributed by atoms with Gasteiger partial charge in [-0.1, -0.05) is 32.0 Å². The molecule has 0 amide bonds. The monoisotopic (exact) mass is 237 g/mol. The molecule has 0 unspecified atom stereocenters. The predicted molar refractivity (Wildman–Crippen MR) is 73.3 cm³/mol. The highest BCUT2D eigenvalue weighted by Gasteiger charge is 2.03. The second-order valence-electron chi connectivity index (χ2n) is 3.33. The summed E-state index contributed by atoms with van der Waals surface area (Å²) >= 11 is 0. The molecule has 2 rings (SSSR count). The summed E-state index contributed by atoms with van der Waals surface area (Å²) in [6, 6.07) is 7.34. The van der Waals surface area contributed by atoms with E-state index >= 15 is 0 Å². The van der Waals surface area contributed by atoms with Crippen LogP contribution >= 0.6 is 0 Å². The van der Waals surface area contributed by atoms with Gasteiger partial charge in [0.15, 0.2) is 0 Å². The average Bonchev–Trinajstić information content (AvgIpc) is 2.36. The Morgan fingerprint density at radius 1 is 1.18 bits per heavy atom. The van der Waals surface area contributed by atoms with E-state index in [1.807, 2.05) is 38.1 Å². The number of benzene rings is 1. The van der Waals surface area contributed by atoms with Crippen LogP contribution in [0.1, 0.15) is 19.4 Å². The number of hydrogen-bond donors (Lipinski definition) is 4. The van der Waals surface area contributed by atoms with Gasteiger partial charge in [-0.15, -0.1) is 0 Å². The molecule has 0 spiro atoms. The average molecular weight is 237 g/mol. The van der Waals surface area contributed by atoms with Crippen LogP contribution in [-0.2, 0) is 0 Å². The van der Waals surface area contributed by atoms with Crippen LogP contribution in [-0.4, -0.2) is 24.7 Å². The SMILES string of the molecule is CC.N.Oc1ccccc1C=C1CNCCN1. The maximum absolute atomic E-state index is 9.55. The van der Waals surface area contributed by atoms with Crippen molar-refractivity contribution in [2.45, 2.75) is 13.8 Å². The number of nitrogens with one attached hydrogen (secondary N) is 2. The summed E-state index contributed by atoms with van der Waals surface area (Å²) in [7, 11) is 0. The first-order chi connectivity index (χ1) is 7.86. The third-order valence-electron chi connectivity index (χ3n) is 2.24. The van der Waals surface area contributed by atoms with E-state index in [0.29, 0.717) is 5.75 Å². The van der Waals surface area contributed by atoms with Crippen molar-refractivity contribution in [2.24, 2.45) is 0 Å². The molecular weight excluding hydrogens is 214 g/mol. The fraction of sp³-hybridized carbons (Fsp3) is 0.385. The van der Waals surface area contributed by atoms with E-state index in [2.05, 4.69) is 10.6 Å². The molecule has 1 aromatic rings. The summed E-state index contributed by atoms with van der Waals surface area (Å²) < 4.78 is 0. The number of para-hydroxylation sites is 1. The number of rotatable bonds is 1. The van der Waals surface area contributed by atoms with E-state index in [0.717, 1.165) is 30.9 Å². The summed E-state index contributed by atoms with van der Waals surface area (Å²) in [4.78, 5) is 0. The first-order valence-corrected chi connectivity index (χ1v) is 5.79. The Kier molecular flexibility index (Phi) is 7.84. The lowest BCUT2D eigenvalue weighted by Gasteiger charge is -2.18. The number of aromatic hydroxyl groups is 1. The Morgan fingerprint density at radius 2 is 1.88 bits per heavy atom. The van der Waals surface area contributed by atoms with Gasteiger partial charge in [0, 0.05) is 30.9 Å². The van der Waals surface area contributed by atoms with Crippen molar-refractivity contribution in [3.63, 3.8) is 0 Å². The van der Waals surface area contributed by atoms with Crippen LogP contribution in [0.4, 0.5) is 0 Å². The second kappa shape index (κ2) is 8.61. The van der Waals surface area contributed by atoms with Crippen LogP contribution in [0, 0.1) is 0 Å². The van der Waals surface area contributed by atoms with Gasteiger partial charge >= 0.3 is 0 Å². The van der Waals surface area contributed by atoms with Gasteiger partial charge in [-0.3, -0.25) is 0 Å². The molecule has 0 aliphatic carbocycles.